The van der Waals surface area contributed by atoms with Crippen LogP contribution in [0, 0.1) is 0 Å². The zero-order valence-corrected chi connectivity index (χ0v) is 18.1. The smallest absolute Gasteiger partial charge is 0.439 e. The van der Waals surface area contributed by atoms with Crippen LogP contribution in [0.5, 0.6) is 0 Å². The first-order valence-electron chi connectivity index (χ1n) is 7.92. The lowest BCUT2D eigenvalue weighted by atomic mass is 10.1. The molecule has 19 nitrogen and oxygen atoms in total. The van der Waals surface area contributed by atoms with E-state index >= 15 is 0 Å². The molecule has 2 heterocycles. The highest BCUT2D eigenvalue weighted by Gasteiger charge is 2.49. The average molecular weight is 526 g/mol. The zero-order chi connectivity index (χ0) is 24.5. The molecule has 0 radical (unpaired) electrons. The number of ether oxygens (including phenoxy) is 2. The molecule has 9 N–H and O–H groups in total. The van der Waals surface area contributed by atoms with Gasteiger partial charge in [-0.05, 0) is 6.07 Å². The first-order chi connectivity index (χ1) is 14.5. The van der Waals surface area contributed by atoms with Gasteiger partial charge in [0, 0.05) is 6.20 Å². The van der Waals surface area contributed by atoms with Gasteiger partial charge in [-0.2, -0.15) is 13.6 Å². The number of hydrogen-bond acceptors (Lipinski definition) is 13. The minimum Gasteiger partial charge on any atom is -0.439 e. The second kappa shape index (κ2) is 9.64. The number of carbonyl (C=O) groups is 1. The Hall–Kier alpha value is -1.72. The summed E-state index contributed by atoms with van der Waals surface area (Å²) in [5.41, 5.74) is 9.30. The number of primary amides is 1. The minimum atomic E-state index is -5.77. The lowest BCUT2D eigenvalue weighted by Crippen LogP contribution is -2.40. The average Bonchev–Trinajstić information content (AvgIpc) is 2.85. The van der Waals surface area contributed by atoms with Crippen LogP contribution in [-0.2, 0) is 36.3 Å². The number of nitrogens with two attached hydrogens (primary N) is 2. The Morgan fingerprint density at radius 2 is 1.81 bits per heavy atom. The molecule has 0 aromatic carbocycles. The molecule has 2 unspecified atom stereocenters. The Morgan fingerprint density at radius 3 is 2.34 bits per heavy atom. The van der Waals surface area contributed by atoms with Crippen molar-refractivity contribution in [2.45, 2.75) is 24.5 Å². The van der Waals surface area contributed by atoms with Crippen LogP contribution in [0.25, 0.3) is 0 Å². The largest absolute Gasteiger partial charge is 0.490 e. The Labute approximate surface area is 176 Å². The van der Waals surface area contributed by atoms with Gasteiger partial charge < -0.3 is 45.6 Å². The summed E-state index contributed by atoms with van der Waals surface area (Å²) in [6.07, 6.45) is -6.97. The Balaban J connectivity index is 2.17. The number of rotatable bonds is 9. The fourth-order valence-electron chi connectivity index (χ4n) is 2.43. The number of nitrogens with zero attached hydrogens (tertiary/aromatic N) is 2. The number of phosphoric ester groups is 1. The van der Waals surface area contributed by atoms with E-state index in [0.717, 1.165) is 16.8 Å². The summed E-state index contributed by atoms with van der Waals surface area (Å²) in [4.78, 5) is 62.2. The number of hydrogen-bond donors (Lipinski definition) is 7. The maximum atomic E-state index is 12.0. The third-order valence-electron chi connectivity index (χ3n) is 3.51. The van der Waals surface area contributed by atoms with Crippen molar-refractivity contribution in [2.24, 2.45) is 5.73 Å². The molecule has 0 bridgehead atoms. The first kappa shape index (κ1) is 26.5. The molecule has 0 saturated carbocycles. The summed E-state index contributed by atoms with van der Waals surface area (Å²) in [5, 5.41) is 10.3. The highest BCUT2D eigenvalue weighted by molar-refractivity contribution is 7.66. The first-order valence-corrected chi connectivity index (χ1v) is 12.4. The van der Waals surface area contributed by atoms with Crippen molar-refractivity contribution in [3.8, 4) is 0 Å². The number of anilines is 1. The molecule has 1 aliphatic rings. The van der Waals surface area contributed by atoms with Crippen LogP contribution >= 0.6 is 23.5 Å². The maximum Gasteiger partial charge on any atom is 0.490 e. The summed E-state index contributed by atoms with van der Waals surface area (Å²) in [6.45, 7) is -1.09. The van der Waals surface area contributed by atoms with Crippen molar-refractivity contribution in [2.75, 3.05) is 12.3 Å². The van der Waals surface area contributed by atoms with E-state index in [-0.39, 0.29) is 5.82 Å². The quantitative estimate of drug-likeness (QED) is 0.169. The Bertz CT molecular complexity index is 1060. The number of phosphoric acid groups is 3. The SMILES string of the molecule is NC(=O)O[C@@H]1[C@H](O)[C@@H](COP(=O)(O)OP(=O)(O)OP(=O)(O)O)O[C@H]1n1ccc(N)nc1=O. The van der Waals surface area contributed by atoms with Crippen LogP contribution in [0.1, 0.15) is 6.23 Å². The molecular formula is C10H17N4O15P3. The van der Waals surface area contributed by atoms with Crippen molar-refractivity contribution in [1.82, 2.24) is 9.55 Å². The van der Waals surface area contributed by atoms with Gasteiger partial charge in [0.1, 0.15) is 18.0 Å². The van der Waals surface area contributed by atoms with E-state index < -0.39 is 66.4 Å². The molecule has 1 aromatic heterocycles. The molecule has 182 valence electrons. The van der Waals surface area contributed by atoms with Gasteiger partial charge in [0.25, 0.3) is 0 Å². The molecule has 1 aliphatic heterocycles. The topological polar surface area (TPSA) is 303 Å². The molecule has 0 aliphatic carbocycles. The van der Waals surface area contributed by atoms with Crippen molar-refractivity contribution >= 4 is 35.4 Å². The molecule has 22 heteroatoms. The third-order valence-corrected chi connectivity index (χ3v) is 7.31. The van der Waals surface area contributed by atoms with E-state index in [0.29, 0.717) is 0 Å². The maximum absolute atomic E-state index is 12.0. The lowest BCUT2D eigenvalue weighted by molar-refractivity contribution is -0.0554. The van der Waals surface area contributed by atoms with Crippen LogP contribution in [0.3, 0.4) is 0 Å². The number of aliphatic hydroxyl groups is 1. The van der Waals surface area contributed by atoms with Crippen LogP contribution in [0.4, 0.5) is 10.6 Å². The number of aliphatic hydroxyl groups excluding tert-OH is 1. The van der Waals surface area contributed by atoms with E-state index in [1.807, 2.05) is 0 Å². The van der Waals surface area contributed by atoms with Gasteiger partial charge in [0.2, 0.25) is 0 Å². The molecule has 6 atom stereocenters. The number of aromatic nitrogens is 2. The van der Waals surface area contributed by atoms with Gasteiger partial charge in [-0.1, -0.05) is 0 Å². The summed E-state index contributed by atoms with van der Waals surface area (Å²) in [7, 11) is -16.9. The van der Waals surface area contributed by atoms with Crippen molar-refractivity contribution in [3.63, 3.8) is 0 Å². The third kappa shape index (κ3) is 7.41. The summed E-state index contributed by atoms with van der Waals surface area (Å²) in [5.74, 6) is -0.165. The van der Waals surface area contributed by atoms with Gasteiger partial charge in [-0.25, -0.2) is 23.3 Å². The van der Waals surface area contributed by atoms with E-state index in [9.17, 15) is 33.3 Å². The molecule has 1 amide bonds. The summed E-state index contributed by atoms with van der Waals surface area (Å²) < 4.78 is 55.9. The van der Waals surface area contributed by atoms with Crippen LogP contribution in [-0.4, -0.2) is 65.2 Å². The fourth-order valence-corrected chi connectivity index (χ4v) is 5.46. The molecule has 1 aromatic rings. The highest BCUT2D eigenvalue weighted by atomic mass is 31.3. The summed E-state index contributed by atoms with van der Waals surface area (Å²) in [6, 6.07) is 1.16. The van der Waals surface area contributed by atoms with Gasteiger partial charge in [0.15, 0.2) is 12.3 Å². The van der Waals surface area contributed by atoms with Crippen LogP contribution < -0.4 is 17.2 Å². The predicted octanol–water partition coefficient (Wildman–Crippen LogP) is -2.11. The number of carbonyl (C=O) groups excluding carboxylic acids is 1. The second-order valence-electron chi connectivity index (χ2n) is 5.89. The van der Waals surface area contributed by atoms with Crippen molar-refractivity contribution in [3.05, 3.63) is 22.7 Å². The normalized spacial score (nSPS) is 27.4. The lowest BCUT2D eigenvalue weighted by Gasteiger charge is -2.20. The van der Waals surface area contributed by atoms with Crippen molar-refractivity contribution < 1.29 is 65.8 Å². The van der Waals surface area contributed by atoms with Gasteiger partial charge in [-0.15, -0.1) is 0 Å². The minimum absolute atomic E-state index is 0.165. The molecule has 32 heavy (non-hydrogen) atoms. The van der Waals surface area contributed by atoms with E-state index in [1.165, 1.54) is 0 Å². The van der Waals surface area contributed by atoms with Crippen molar-refractivity contribution in [1.29, 1.82) is 0 Å². The molecule has 1 saturated heterocycles. The van der Waals surface area contributed by atoms with E-state index in [4.69, 9.17) is 35.6 Å². The van der Waals surface area contributed by atoms with Gasteiger partial charge in [0.05, 0.1) is 6.61 Å². The number of nitrogen functional groups attached to an aromatic ring is 1. The highest BCUT2D eigenvalue weighted by Crippen LogP contribution is 2.66. The second-order valence-corrected chi connectivity index (χ2v) is 10.3. The van der Waals surface area contributed by atoms with E-state index in [2.05, 4.69) is 18.1 Å². The monoisotopic (exact) mass is 526 g/mol. The summed E-state index contributed by atoms with van der Waals surface area (Å²) >= 11 is 0. The zero-order valence-electron chi connectivity index (χ0n) is 15.4. The predicted molar refractivity (Wildman–Crippen MR) is 97.1 cm³/mol. The molecular weight excluding hydrogens is 509 g/mol. The number of amides is 1. The Kier molecular flexibility index (Phi) is 7.99. The van der Waals surface area contributed by atoms with Crippen LogP contribution in [0.15, 0.2) is 17.1 Å². The standard InChI is InChI=1S/C10H17N4O15P3/c11-5-1-2-14(10(17)13-5)8-7(27-9(12)16)6(15)4(26-8)3-25-31(21,22)29-32(23,24)28-30(18,19)20/h1-2,4,6-8,15H,3H2,(H2,12,16)(H,21,22)(H,23,24)(H2,11,13,17)(H2,18,19,20)/t4-,6-,7-,8-/m1/s1. The van der Waals surface area contributed by atoms with Gasteiger partial charge in [-0.3, -0.25) is 9.09 Å². The Morgan fingerprint density at radius 1 is 1.19 bits per heavy atom. The fraction of sp³-hybridized carbons (Fsp3) is 0.500. The molecule has 1 fully saturated rings. The molecule has 2 rings (SSSR count). The van der Waals surface area contributed by atoms with Crippen LogP contribution in [0.2, 0.25) is 0 Å². The van der Waals surface area contributed by atoms with E-state index in [1.54, 1.807) is 0 Å². The van der Waals surface area contributed by atoms with Gasteiger partial charge >= 0.3 is 35.3 Å². The molecule has 0 spiro atoms.